The smallest absolute Gasteiger partial charge is 0.256 e. The van der Waals surface area contributed by atoms with E-state index in [0.29, 0.717) is 44.6 Å². The van der Waals surface area contributed by atoms with Gasteiger partial charge >= 0.3 is 0 Å². The molecular formula is C23H25FN4O3. The molecule has 7 nitrogen and oxygen atoms in total. The van der Waals surface area contributed by atoms with Crippen LogP contribution in [0.2, 0.25) is 0 Å². The van der Waals surface area contributed by atoms with E-state index in [4.69, 9.17) is 0 Å². The molecule has 0 bridgehead atoms. The highest BCUT2D eigenvalue weighted by Crippen LogP contribution is 2.37. The Morgan fingerprint density at radius 1 is 1.00 bits per heavy atom. The summed E-state index contributed by atoms with van der Waals surface area (Å²) in [6.07, 6.45) is 0.999. The molecule has 2 heterocycles. The number of nitrogens with zero attached hydrogens (tertiary/aromatic N) is 3. The molecule has 31 heavy (non-hydrogen) atoms. The van der Waals surface area contributed by atoms with Crippen LogP contribution in [0.1, 0.15) is 28.8 Å². The van der Waals surface area contributed by atoms with Gasteiger partial charge in [0, 0.05) is 39.8 Å². The lowest BCUT2D eigenvalue weighted by Gasteiger charge is -2.35. The van der Waals surface area contributed by atoms with Crippen molar-refractivity contribution >= 4 is 17.5 Å². The summed E-state index contributed by atoms with van der Waals surface area (Å²) in [5.41, 5.74) is 5.87. The molecule has 8 heteroatoms. The van der Waals surface area contributed by atoms with Crippen molar-refractivity contribution in [1.29, 1.82) is 0 Å². The Morgan fingerprint density at radius 3 is 2.32 bits per heavy atom. The second-order valence-electron chi connectivity index (χ2n) is 8.65. The lowest BCUT2D eigenvalue weighted by Crippen LogP contribution is -2.53. The van der Waals surface area contributed by atoms with Gasteiger partial charge in [-0.1, -0.05) is 18.2 Å². The Balaban J connectivity index is 1.28. The second kappa shape index (κ2) is 7.32. The van der Waals surface area contributed by atoms with Crippen LogP contribution in [0.4, 0.5) is 10.1 Å². The van der Waals surface area contributed by atoms with Gasteiger partial charge in [-0.2, -0.15) is 0 Å². The zero-order valence-corrected chi connectivity index (χ0v) is 17.4. The average molecular weight is 424 g/mol. The molecule has 0 aromatic heterocycles. The summed E-state index contributed by atoms with van der Waals surface area (Å²) in [4.78, 5) is 28.3. The Kier molecular flexibility index (Phi) is 4.71. The van der Waals surface area contributed by atoms with Gasteiger partial charge in [0.1, 0.15) is 11.4 Å². The van der Waals surface area contributed by atoms with E-state index >= 15 is 0 Å². The van der Waals surface area contributed by atoms with Crippen LogP contribution >= 0.6 is 0 Å². The first-order chi connectivity index (χ1) is 14.8. The predicted octanol–water partition coefficient (Wildman–Crippen LogP) is 2.07. The van der Waals surface area contributed by atoms with Gasteiger partial charge in [-0.3, -0.25) is 9.59 Å². The van der Waals surface area contributed by atoms with Crippen molar-refractivity contribution in [3.05, 3.63) is 53.3 Å². The van der Waals surface area contributed by atoms with Gasteiger partial charge in [0.05, 0.1) is 11.3 Å². The van der Waals surface area contributed by atoms with Crippen LogP contribution in [0.25, 0.3) is 11.1 Å². The molecule has 1 saturated carbocycles. The third-order valence-electron chi connectivity index (χ3n) is 6.34. The summed E-state index contributed by atoms with van der Waals surface area (Å²) in [5.74, 6) is -1.19. The highest BCUT2D eigenvalue weighted by molar-refractivity contribution is 5.95. The number of anilines is 1. The fraction of sp³-hybridized carbons (Fsp3) is 0.391. The molecule has 2 fully saturated rings. The minimum atomic E-state index is -1.20. The summed E-state index contributed by atoms with van der Waals surface area (Å²) >= 11 is 0. The van der Waals surface area contributed by atoms with Crippen molar-refractivity contribution in [2.24, 2.45) is 0 Å². The van der Waals surface area contributed by atoms with Crippen LogP contribution in [0.5, 0.6) is 0 Å². The van der Waals surface area contributed by atoms with Gasteiger partial charge in [-0.25, -0.2) is 9.40 Å². The summed E-state index contributed by atoms with van der Waals surface area (Å²) in [6.45, 7) is 2.17. The van der Waals surface area contributed by atoms with E-state index in [-0.39, 0.29) is 17.4 Å². The van der Waals surface area contributed by atoms with E-state index in [1.54, 1.807) is 15.9 Å². The lowest BCUT2D eigenvalue weighted by molar-refractivity contribution is -0.143. The molecule has 162 valence electrons. The Bertz CT molecular complexity index is 1060. The SMILES string of the molecule is CN1Cc2ccc(-c3ccc(C(=O)N4CCN(C(=O)C5(O)CC5)CC4)c(F)c3)cc2N1. The largest absolute Gasteiger partial charge is 0.380 e. The minimum absolute atomic E-state index is 0.0309. The summed E-state index contributed by atoms with van der Waals surface area (Å²) in [6, 6.07) is 10.7. The lowest BCUT2D eigenvalue weighted by atomic mass is 10.0. The predicted molar refractivity (Wildman–Crippen MR) is 114 cm³/mol. The van der Waals surface area contributed by atoms with Crippen molar-refractivity contribution in [2.45, 2.75) is 25.0 Å². The fourth-order valence-corrected chi connectivity index (χ4v) is 4.28. The first kappa shape index (κ1) is 20.0. The van der Waals surface area contributed by atoms with Gasteiger partial charge in [-0.05, 0) is 47.7 Å². The molecule has 2 aliphatic heterocycles. The Hall–Kier alpha value is -2.97. The molecule has 2 aromatic carbocycles. The quantitative estimate of drug-likeness (QED) is 0.789. The molecule has 1 saturated heterocycles. The first-order valence-electron chi connectivity index (χ1n) is 10.6. The van der Waals surface area contributed by atoms with E-state index in [9.17, 15) is 19.1 Å². The maximum Gasteiger partial charge on any atom is 0.256 e. The van der Waals surface area contributed by atoms with Crippen LogP contribution in [0.3, 0.4) is 0 Å². The minimum Gasteiger partial charge on any atom is -0.380 e. The first-order valence-corrected chi connectivity index (χ1v) is 10.6. The number of hydrogen-bond donors (Lipinski definition) is 2. The number of hydrazine groups is 1. The van der Waals surface area contributed by atoms with Crippen molar-refractivity contribution in [2.75, 3.05) is 38.7 Å². The number of carbonyl (C=O) groups is 2. The maximum absolute atomic E-state index is 14.9. The van der Waals surface area contributed by atoms with Crippen molar-refractivity contribution < 1.29 is 19.1 Å². The third kappa shape index (κ3) is 3.66. The molecule has 0 radical (unpaired) electrons. The van der Waals surface area contributed by atoms with E-state index in [2.05, 4.69) is 5.43 Å². The number of hydrogen-bond acceptors (Lipinski definition) is 5. The van der Waals surface area contributed by atoms with Gasteiger partial charge in [0.2, 0.25) is 0 Å². The molecule has 0 unspecified atom stereocenters. The number of carbonyl (C=O) groups excluding carboxylic acids is 2. The topological polar surface area (TPSA) is 76.1 Å². The van der Waals surface area contributed by atoms with Crippen LogP contribution < -0.4 is 5.43 Å². The van der Waals surface area contributed by atoms with E-state index in [1.165, 1.54) is 17.7 Å². The monoisotopic (exact) mass is 424 g/mol. The van der Waals surface area contributed by atoms with Crippen LogP contribution in [0.15, 0.2) is 36.4 Å². The fourth-order valence-electron chi connectivity index (χ4n) is 4.28. The van der Waals surface area contributed by atoms with E-state index in [0.717, 1.165) is 17.8 Å². The third-order valence-corrected chi connectivity index (χ3v) is 6.34. The van der Waals surface area contributed by atoms with Gasteiger partial charge in [0.15, 0.2) is 0 Å². The molecular weight excluding hydrogens is 399 g/mol. The number of halogens is 1. The van der Waals surface area contributed by atoms with Crippen LogP contribution in [-0.4, -0.2) is 70.6 Å². The molecule has 3 aliphatic rings. The number of piperazine rings is 1. The van der Waals surface area contributed by atoms with Gasteiger partial charge < -0.3 is 20.3 Å². The van der Waals surface area contributed by atoms with Crippen LogP contribution in [0, 0.1) is 5.82 Å². The Labute approximate surface area is 180 Å². The molecule has 0 atom stereocenters. The van der Waals surface area contributed by atoms with Crippen molar-refractivity contribution in [3.8, 4) is 11.1 Å². The molecule has 5 rings (SSSR count). The Morgan fingerprint density at radius 2 is 1.65 bits per heavy atom. The number of amides is 2. The molecule has 1 aliphatic carbocycles. The number of nitrogens with one attached hydrogen (secondary N) is 1. The average Bonchev–Trinajstić information content (AvgIpc) is 3.41. The maximum atomic E-state index is 14.9. The number of fused-ring (bicyclic) bond motifs is 1. The van der Waals surface area contributed by atoms with Crippen molar-refractivity contribution in [3.63, 3.8) is 0 Å². The normalized spacial score (nSPS) is 19.7. The van der Waals surface area contributed by atoms with Crippen LogP contribution in [-0.2, 0) is 11.3 Å². The van der Waals surface area contributed by atoms with Crippen molar-refractivity contribution in [1.82, 2.24) is 14.8 Å². The zero-order chi connectivity index (χ0) is 21.8. The number of benzene rings is 2. The molecule has 2 amide bonds. The summed E-state index contributed by atoms with van der Waals surface area (Å²) in [5, 5.41) is 12.0. The molecule has 2 N–H and O–H groups in total. The highest BCUT2D eigenvalue weighted by Gasteiger charge is 2.50. The number of rotatable bonds is 3. The molecule has 0 spiro atoms. The standard InChI is InChI=1S/C23H25FN4O3/c1-26-14-17-3-2-16(13-20(17)25-26)15-4-5-18(19(24)12-15)21(29)27-8-10-28(11-9-27)22(30)23(31)6-7-23/h2-5,12-13,25,31H,6-11,14H2,1H3. The summed E-state index contributed by atoms with van der Waals surface area (Å²) < 4.78 is 14.9. The van der Waals surface area contributed by atoms with E-state index < -0.39 is 11.4 Å². The highest BCUT2D eigenvalue weighted by atomic mass is 19.1. The summed E-state index contributed by atoms with van der Waals surface area (Å²) in [7, 11) is 1.96. The van der Waals surface area contributed by atoms with E-state index in [1.807, 2.05) is 30.3 Å². The molecule has 2 aromatic rings. The van der Waals surface area contributed by atoms with Gasteiger partial charge in [-0.15, -0.1) is 0 Å². The number of aliphatic hydroxyl groups is 1. The second-order valence-corrected chi connectivity index (χ2v) is 8.65. The van der Waals surface area contributed by atoms with Gasteiger partial charge in [0.25, 0.3) is 11.8 Å². The zero-order valence-electron chi connectivity index (χ0n) is 17.4.